The summed E-state index contributed by atoms with van der Waals surface area (Å²) in [7, 11) is 1.60. The third kappa shape index (κ3) is 4.88. The quantitative estimate of drug-likeness (QED) is 0.335. The summed E-state index contributed by atoms with van der Waals surface area (Å²) in [5, 5.41) is 0. The number of fused-ring (bicyclic) bond motifs is 1. The first-order chi connectivity index (χ1) is 18.7. The van der Waals surface area contributed by atoms with Crippen LogP contribution in [0.25, 0.3) is 11.8 Å². The van der Waals surface area contributed by atoms with Crippen molar-refractivity contribution in [3.05, 3.63) is 114 Å². The second kappa shape index (κ2) is 10.5. The topological polar surface area (TPSA) is 74.8 Å². The molecule has 2 aromatic heterocycles. The summed E-state index contributed by atoms with van der Waals surface area (Å²) < 4.78 is 15.2. The molecule has 0 saturated heterocycles. The van der Waals surface area contributed by atoms with E-state index in [2.05, 4.69) is 29.7 Å². The van der Waals surface area contributed by atoms with Crippen LogP contribution in [0.15, 0.2) is 81.7 Å². The van der Waals surface area contributed by atoms with Crippen LogP contribution in [0.5, 0.6) is 5.75 Å². The highest BCUT2D eigenvalue weighted by Crippen LogP contribution is 2.32. The lowest BCUT2D eigenvalue weighted by molar-refractivity contribution is -0.143. The van der Waals surface area contributed by atoms with Gasteiger partial charge in [-0.2, -0.15) is 0 Å². The number of ether oxygens (including phenoxy) is 2. The van der Waals surface area contributed by atoms with E-state index in [4.69, 9.17) is 14.5 Å². The Morgan fingerprint density at radius 3 is 2.38 bits per heavy atom. The van der Waals surface area contributed by atoms with Gasteiger partial charge in [0.15, 0.2) is 4.80 Å². The van der Waals surface area contributed by atoms with Crippen molar-refractivity contribution in [2.75, 3.05) is 7.11 Å². The first kappa shape index (κ1) is 26.4. The Morgan fingerprint density at radius 1 is 1.05 bits per heavy atom. The predicted molar refractivity (Wildman–Crippen MR) is 153 cm³/mol. The average molecular weight is 542 g/mol. The van der Waals surface area contributed by atoms with E-state index in [-0.39, 0.29) is 11.7 Å². The lowest BCUT2D eigenvalue weighted by Crippen LogP contribution is -2.40. The number of aryl methyl sites for hydroxylation is 1. The number of methoxy groups -OCH3 is 1. The molecule has 0 unspecified atom stereocenters. The number of carbonyl (C=O) groups excluding carboxylic acids is 1. The van der Waals surface area contributed by atoms with Gasteiger partial charge >= 0.3 is 5.97 Å². The van der Waals surface area contributed by atoms with Crippen LogP contribution >= 0.6 is 11.3 Å². The Balaban J connectivity index is 1.69. The Hall–Kier alpha value is -4.17. The second-order valence-corrected chi connectivity index (χ2v) is 10.8. The van der Waals surface area contributed by atoms with Gasteiger partial charge in [-0.3, -0.25) is 9.36 Å². The smallest absolute Gasteiger partial charge is 0.338 e. The molecule has 1 aliphatic heterocycles. The van der Waals surface area contributed by atoms with Gasteiger partial charge in [-0.05, 0) is 82.2 Å². The Morgan fingerprint density at radius 2 is 1.74 bits per heavy atom. The van der Waals surface area contributed by atoms with Gasteiger partial charge in [0.05, 0.1) is 35.1 Å². The van der Waals surface area contributed by atoms with Crippen LogP contribution in [0.1, 0.15) is 49.3 Å². The molecule has 0 fully saturated rings. The van der Waals surface area contributed by atoms with Crippen LogP contribution in [0, 0.1) is 13.8 Å². The Bertz CT molecular complexity index is 1760. The van der Waals surface area contributed by atoms with Gasteiger partial charge < -0.3 is 14.0 Å². The van der Waals surface area contributed by atoms with Crippen molar-refractivity contribution in [1.29, 1.82) is 0 Å². The highest BCUT2D eigenvalue weighted by molar-refractivity contribution is 7.07. The van der Waals surface area contributed by atoms with Crippen molar-refractivity contribution < 1.29 is 14.3 Å². The van der Waals surface area contributed by atoms with Crippen LogP contribution in [-0.4, -0.2) is 28.3 Å². The van der Waals surface area contributed by atoms with Crippen molar-refractivity contribution in [3.63, 3.8) is 0 Å². The third-order valence-electron chi connectivity index (χ3n) is 6.79. The number of hydrogen-bond donors (Lipinski definition) is 0. The molecule has 0 aliphatic carbocycles. The molecule has 4 aromatic rings. The van der Waals surface area contributed by atoms with Crippen molar-refractivity contribution in [2.45, 2.75) is 46.8 Å². The summed E-state index contributed by atoms with van der Waals surface area (Å²) in [4.78, 5) is 32.5. The molecule has 39 heavy (non-hydrogen) atoms. The zero-order valence-corrected chi connectivity index (χ0v) is 23.7. The largest absolute Gasteiger partial charge is 0.497 e. The molecule has 0 amide bonds. The van der Waals surface area contributed by atoms with Crippen molar-refractivity contribution in [1.82, 2.24) is 9.13 Å². The van der Waals surface area contributed by atoms with E-state index in [9.17, 15) is 9.59 Å². The van der Waals surface area contributed by atoms with E-state index < -0.39 is 12.0 Å². The number of rotatable bonds is 6. The fourth-order valence-corrected chi connectivity index (χ4v) is 6.05. The van der Waals surface area contributed by atoms with Crippen LogP contribution in [0.2, 0.25) is 0 Å². The second-order valence-electron chi connectivity index (χ2n) is 9.81. The lowest BCUT2D eigenvalue weighted by atomic mass is 9.96. The van der Waals surface area contributed by atoms with E-state index in [1.54, 1.807) is 32.4 Å². The number of aromatic nitrogens is 2. The standard InChI is InChI=1S/C31H31N3O4S/c1-18(2)38-30(36)27-20(4)32-31-34(28(27)22-12-14-25(37-6)15-13-22)29(35)26(39-31)17-23-16-19(3)33(21(23)5)24-10-8-7-9-11-24/h7-18,28H,1-6H3/b26-17-/t28-/m1/s1. The maximum absolute atomic E-state index is 14.0. The normalized spacial score (nSPS) is 15.4. The zero-order chi connectivity index (χ0) is 27.8. The highest BCUT2D eigenvalue weighted by Gasteiger charge is 2.33. The Kier molecular flexibility index (Phi) is 7.14. The minimum Gasteiger partial charge on any atom is -0.497 e. The van der Waals surface area contributed by atoms with Gasteiger partial charge in [-0.15, -0.1) is 0 Å². The van der Waals surface area contributed by atoms with E-state index >= 15 is 0 Å². The number of allylic oxidation sites excluding steroid dienone is 1. The highest BCUT2D eigenvalue weighted by atomic mass is 32.1. The summed E-state index contributed by atoms with van der Waals surface area (Å²) in [5.74, 6) is 0.208. The molecule has 0 N–H and O–H groups in total. The molecule has 1 atom stereocenters. The lowest BCUT2D eigenvalue weighted by Gasteiger charge is -2.25. The summed E-state index contributed by atoms with van der Waals surface area (Å²) in [6.45, 7) is 9.50. The predicted octanol–water partition coefficient (Wildman–Crippen LogP) is 4.60. The van der Waals surface area contributed by atoms with Gasteiger partial charge in [-0.1, -0.05) is 41.7 Å². The first-order valence-electron chi connectivity index (χ1n) is 12.8. The van der Waals surface area contributed by atoms with Crippen molar-refractivity contribution >= 4 is 23.4 Å². The van der Waals surface area contributed by atoms with Crippen LogP contribution in [-0.2, 0) is 9.53 Å². The summed E-state index contributed by atoms with van der Waals surface area (Å²) >= 11 is 1.32. The minimum absolute atomic E-state index is 0.202. The minimum atomic E-state index is -0.669. The van der Waals surface area contributed by atoms with Crippen LogP contribution < -0.4 is 19.6 Å². The molecular weight excluding hydrogens is 510 g/mol. The molecule has 5 rings (SSSR count). The summed E-state index contributed by atoms with van der Waals surface area (Å²) in [6, 6.07) is 18.9. The Labute approximate surface area is 231 Å². The van der Waals surface area contributed by atoms with Gasteiger partial charge in [0.25, 0.3) is 5.56 Å². The fourth-order valence-electron chi connectivity index (χ4n) is 5.01. The molecule has 0 bridgehead atoms. The van der Waals surface area contributed by atoms with Gasteiger partial charge in [0.1, 0.15) is 5.75 Å². The number of carbonyl (C=O) groups is 1. The fraction of sp³-hybridized carbons (Fsp3) is 0.258. The molecular formula is C31H31N3O4S. The van der Waals surface area contributed by atoms with Crippen molar-refractivity contribution in [2.24, 2.45) is 4.99 Å². The van der Waals surface area contributed by atoms with Crippen LogP contribution in [0.3, 0.4) is 0 Å². The number of benzene rings is 2. The monoisotopic (exact) mass is 541 g/mol. The van der Waals surface area contributed by atoms with Crippen LogP contribution in [0.4, 0.5) is 0 Å². The number of esters is 1. The number of para-hydroxylation sites is 1. The maximum atomic E-state index is 14.0. The van der Waals surface area contributed by atoms with Gasteiger partial charge in [0, 0.05) is 17.1 Å². The third-order valence-corrected chi connectivity index (χ3v) is 7.77. The SMILES string of the molecule is COc1ccc([C@@H]2C(C(=O)OC(C)C)=C(C)N=c3s/c(=C\c4cc(C)n(-c5ccccc5)c4C)c(=O)n32)cc1. The van der Waals surface area contributed by atoms with E-state index in [0.717, 1.165) is 28.2 Å². The maximum Gasteiger partial charge on any atom is 0.338 e. The number of nitrogens with zero attached hydrogens (tertiary/aromatic N) is 3. The van der Waals surface area contributed by atoms with Gasteiger partial charge in [0.2, 0.25) is 0 Å². The first-order valence-corrected chi connectivity index (χ1v) is 13.6. The molecule has 2 aromatic carbocycles. The van der Waals surface area contributed by atoms with E-state index in [1.807, 2.05) is 55.5 Å². The molecule has 1 aliphatic rings. The molecule has 200 valence electrons. The number of hydrogen-bond acceptors (Lipinski definition) is 6. The molecule has 0 radical (unpaired) electrons. The van der Waals surface area contributed by atoms with E-state index in [1.165, 1.54) is 11.3 Å². The van der Waals surface area contributed by atoms with E-state index in [0.29, 0.717) is 26.4 Å². The molecule has 0 saturated carbocycles. The summed E-state index contributed by atoms with van der Waals surface area (Å²) in [5.41, 5.74) is 5.60. The molecule has 8 heteroatoms. The average Bonchev–Trinajstić information content (AvgIpc) is 3.37. The summed E-state index contributed by atoms with van der Waals surface area (Å²) in [6.07, 6.45) is 1.61. The number of thiazole rings is 1. The van der Waals surface area contributed by atoms with Crippen molar-refractivity contribution in [3.8, 4) is 11.4 Å². The zero-order valence-electron chi connectivity index (χ0n) is 22.9. The molecule has 7 nitrogen and oxygen atoms in total. The van der Waals surface area contributed by atoms with Gasteiger partial charge in [-0.25, -0.2) is 9.79 Å². The molecule has 0 spiro atoms. The molecule has 3 heterocycles.